The molecule has 3 aliphatic rings. The number of hydrazine groups is 1. The first-order chi connectivity index (χ1) is 12.9. The van der Waals surface area contributed by atoms with Gasteiger partial charge in [0.15, 0.2) is 6.10 Å². The number of nitrogens with zero attached hydrogens (tertiary/aromatic N) is 1. The fourth-order valence-electron chi connectivity index (χ4n) is 3.98. The van der Waals surface area contributed by atoms with Gasteiger partial charge in [-0.05, 0) is 43.2 Å². The van der Waals surface area contributed by atoms with Crippen LogP contribution in [0.1, 0.15) is 48.5 Å². The molecule has 2 heterocycles. The Kier molecular flexibility index (Phi) is 4.13. The zero-order chi connectivity index (χ0) is 19.2. The minimum atomic E-state index is -1.09. The number of rotatable bonds is 2. The van der Waals surface area contributed by atoms with Crippen molar-refractivity contribution in [2.45, 2.75) is 50.7 Å². The molecular formula is C19H21N3O5. The molecule has 0 aromatic heterocycles. The van der Waals surface area contributed by atoms with Gasteiger partial charge in [-0.1, -0.05) is 25.1 Å². The number of hydrogen-bond acceptors (Lipinski definition) is 5. The van der Waals surface area contributed by atoms with Gasteiger partial charge in [-0.2, -0.15) is 5.01 Å². The second kappa shape index (κ2) is 6.37. The standard InChI is InChI=1S/C19H21N3O5/c1-11-6-8-19(9-7-11)17(25)22(18(26)20-19)21-15(23)14-10-12-4-2-3-5-13(12)16(24)27-14/h2-5,11,14H,6-10H2,1H3,(H,20,26)(H,21,23)/t11?,14-,19?/m0/s1. The number of esters is 1. The van der Waals surface area contributed by atoms with Gasteiger partial charge in [-0.15, -0.1) is 0 Å². The lowest BCUT2D eigenvalue weighted by atomic mass is 9.77. The van der Waals surface area contributed by atoms with Gasteiger partial charge in [0.05, 0.1) is 5.56 Å². The Bertz CT molecular complexity index is 828. The summed E-state index contributed by atoms with van der Waals surface area (Å²) < 4.78 is 5.19. The van der Waals surface area contributed by atoms with E-state index >= 15 is 0 Å². The molecule has 1 aromatic rings. The second-order valence-corrected chi connectivity index (χ2v) is 7.57. The van der Waals surface area contributed by atoms with Gasteiger partial charge in [0.25, 0.3) is 11.8 Å². The molecule has 4 amide bonds. The van der Waals surface area contributed by atoms with E-state index in [4.69, 9.17) is 4.74 Å². The van der Waals surface area contributed by atoms with Crippen molar-refractivity contribution in [2.24, 2.45) is 5.92 Å². The van der Waals surface area contributed by atoms with Crippen molar-refractivity contribution in [3.8, 4) is 0 Å². The SMILES string of the molecule is CC1CCC2(CC1)NC(=O)N(NC(=O)[C@@H]1Cc3ccccc3C(=O)O1)C2=O. The smallest absolute Gasteiger partial charge is 0.344 e. The van der Waals surface area contributed by atoms with Gasteiger partial charge in [-0.3, -0.25) is 15.0 Å². The first-order valence-corrected chi connectivity index (χ1v) is 9.16. The van der Waals surface area contributed by atoms with Crippen LogP contribution in [0.4, 0.5) is 4.79 Å². The Morgan fingerprint density at radius 2 is 1.93 bits per heavy atom. The Balaban J connectivity index is 1.46. The molecule has 0 unspecified atom stereocenters. The summed E-state index contributed by atoms with van der Waals surface area (Å²) in [6.07, 6.45) is 1.89. The van der Waals surface area contributed by atoms with Crippen LogP contribution in [-0.4, -0.2) is 40.5 Å². The quantitative estimate of drug-likeness (QED) is 0.602. The molecule has 1 aromatic carbocycles. The van der Waals surface area contributed by atoms with Crippen molar-refractivity contribution < 1.29 is 23.9 Å². The molecule has 1 spiro atoms. The normalized spacial score (nSPS) is 30.0. The van der Waals surface area contributed by atoms with Crippen LogP contribution in [-0.2, 0) is 20.7 Å². The average Bonchev–Trinajstić information content (AvgIpc) is 2.88. The number of nitrogens with one attached hydrogen (secondary N) is 2. The summed E-state index contributed by atoms with van der Waals surface area (Å²) in [5.41, 5.74) is 2.52. The third kappa shape index (κ3) is 2.94. The number of urea groups is 1. The number of cyclic esters (lactones) is 1. The minimum Gasteiger partial charge on any atom is -0.448 e. The first kappa shape index (κ1) is 17.5. The zero-order valence-electron chi connectivity index (χ0n) is 15.0. The van der Waals surface area contributed by atoms with Gasteiger partial charge in [0.2, 0.25) is 0 Å². The van der Waals surface area contributed by atoms with E-state index in [2.05, 4.69) is 17.7 Å². The van der Waals surface area contributed by atoms with Crippen molar-refractivity contribution in [3.63, 3.8) is 0 Å². The van der Waals surface area contributed by atoms with E-state index in [1.54, 1.807) is 24.3 Å². The summed E-state index contributed by atoms with van der Waals surface area (Å²) >= 11 is 0. The molecular weight excluding hydrogens is 350 g/mol. The molecule has 1 atom stereocenters. The Hall–Kier alpha value is -2.90. The summed E-state index contributed by atoms with van der Waals surface area (Å²) in [7, 11) is 0. The van der Waals surface area contributed by atoms with Crippen molar-refractivity contribution >= 4 is 23.8 Å². The van der Waals surface area contributed by atoms with Crippen molar-refractivity contribution in [1.29, 1.82) is 0 Å². The molecule has 2 N–H and O–H groups in total. The van der Waals surface area contributed by atoms with Crippen LogP contribution in [0, 0.1) is 5.92 Å². The molecule has 142 valence electrons. The van der Waals surface area contributed by atoms with E-state index in [9.17, 15) is 19.2 Å². The Labute approximate surface area is 156 Å². The molecule has 1 aliphatic carbocycles. The van der Waals surface area contributed by atoms with Crippen molar-refractivity contribution in [3.05, 3.63) is 35.4 Å². The number of hydrogen-bond donors (Lipinski definition) is 2. The van der Waals surface area contributed by atoms with E-state index in [0.717, 1.165) is 17.9 Å². The second-order valence-electron chi connectivity index (χ2n) is 7.57. The number of benzene rings is 1. The summed E-state index contributed by atoms with van der Waals surface area (Å²) in [4.78, 5) is 49.7. The fourth-order valence-corrected chi connectivity index (χ4v) is 3.98. The van der Waals surface area contributed by atoms with Crippen LogP contribution in [0.5, 0.6) is 0 Å². The number of fused-ring (bicyclic) bond motifs is 1. The lowest BCUT2D eigenvalue weighted by molar-refractivity contribution is -0.143. The Morgan fingerprint density at radius 3 is 2.67 bits per heavy atom. The lowest BCUT2D eigenvalue weighted by Gasteiger charge is -2.33. The van der Waals surface area contributed by atoms with Crippen molar-refractivity contribution in [1.82, 2.24) is 15.8 Å². The number of amides is 4. The molecule has 8 nitrogen and oxygen atoms in total. The maximum Gasteiger partial charge on any atom is 0.344 e. The summed E-state index contributed by atoms with van der Waals surface area (Å²) in [5, 5.41) is 3.47. The van der Waals surface area contributed by atoms with E-state index < -0.39 is 35.5 Å². The van der Waals surface area contributed by atoms with Crippen LogP contribution in [0.15, 0.2) is 24.3 Å². The highest BCUT2D eigenvalue weighted by atomic mass is 16.5. The predicted molar refractivity (Wildman–Crippen MR) is 93.2 cm³/mol. The van der Waals surface area contributed by atoms with Crippen LogP contribution in [0.25, 0.3) is 0 Å². The van der Waals surface area contributed by atoms with Crippen LogP contribution < -0.4 is 10.7 Å². The van der Waals surface area contributed by atoms with Crippen LogP contribution in [0.3, 0.4) is 0 Å². The topological polar surface area (TPSA) is 105 Å². The lowest BCUT2D eigenvalue weighted by Crippen LogP contribution is -2.54. The molecule has 0 bridgehead atoms. The average molecular weight is 371 g/mol. The van der Waals surface area contributed by atoms with Crippen LogP contribution in [0.2, 0.25) is 0 Å². The molecule has 1 saturated carbocycles. The van der Waals surface area contributed by atoms with Gasteiger partial charge >= 0.3 is 12.0 Å². The van der Waals surface area contributed by atoms with E-state index in [-0.39, 0.29) is 6.42 Å². The van der Waals surface area contributed by atoms with E-state index in [0.29, 0.717) is 29.9 Å². The highest BCUT2D eigenvalue weighted by molar-refractivity contribution is 6.08. The number of ether oxygens (including phenoxy) is 1. The molecule has 0 radical (unpaired) electrons. The highest BCUT2D eigenvalue weighted by Gasteiger charge is 2.53. The molecule has 4 rings (SSSR count). The fraction of sp³-hybridized carbons (Fsp3) is 0.474. The maximum absolute atomic E-state index is 12.8. The molecule has 2 aliphatic heterocycles. The zero-order valence-corrected chi connectivity index (χ0v) is 15.0. The van der Waals surface area contributed by atoms with E-state index in [1.165, 1.54) is 0 Å². The summed E-state index contributed by atoms with van der Waals surface area (Å²) in [6, 6.07) is 6.24. The number of carbonyl (C=O) groups is 4. The third-order valence-corrected chi connectivity index (χ3v) is 5.70. The van der Waals surface area contributed by atoms with Gasteiger partial charge in [0.1, 0.15) is 5.54 Å². The van der Waals surface area contributed by atoms with Gasteiger partial charge in [-0.25, -0.2) is 9.59 Å². The highest BCUT2D eigenvalue weighted by Crippen LogP contribution is 2.35. The third-order valence-electron chi connectivity index (χ3n) is 5.70. The summed E-state index contributed by atoms with van der Waals surface area (Å²) in [6.45, 7) is 2.11. The number of imide groups is 1. The van der Waals surface area contributed by atoms with Gasteiger partial charge in [0, 0.05) is 6.42 Å². The maximum atomic E-state index is 12.8. The first-order valence-electron chi connectivity index (χ1n) is 9.16. The Morgan fingerprint density at radius 1 is 1.22 bits per heavy atom. The predicted octanol–water partition coefficient (Wildman–Crippen LogP) is 1.30. The van der Waals surface area contributed by atoms with Crippen LogP contribution >= 0.6 is 0 Å². The largest absolute Gasteiger partial charge is 0.448 e. The van der Waals surface area contributed by atoms with E-state index in [1.807, 2.05) is 0 Å². The van der Waals surface area contributed by atoms with Gasteiger partial charge < -0.3 is 10.1 Å². The summed E-state index contributed by atoms with van der Waals surface area (Å²) in [5.74, 6) is -1.23. The molecule has 1 saturated heterocycles. The number of carbonyl (C=O) groups excluding carboxylic acids is 4. The van der Waals surface area contributed by atoms with Crippen molar-refractivity contribution in [2.75, 3.05) is 0 Å². The molecule has 2 fully saturated rings. The monoisotopic (exact) mass is 371 g/mol. The molecule has 8 heteroatoms. The minimum absolute atomic E-state index is 0.194. The molecule has 27 heavy (non-hydrogen) atoms.